The van der Waals surface area contributed by atoms with Gasteiger partial charge in [-0.3, -0.25) is 0 Å². The van der Waals surface area contributed by atoms with E-state index in [1.54, 1.807) is 0 Å². The van der Waals surface area contributed by atoms with Gasteiger partial charge in [-0.05, 0) is 33.2 Å². The summed E-state index contributed by atoms with van der Waals surface area (Å²) in [6.07, 6.45) is 4.04. The van der Waals surface area contributed by atoms with Gasteiger partial charge in [-0.1, -0.05) is 6.92 Å². The fourth-order valence-corrected chi connectivity index (χ4v) is 1.26. The molecule has 1 N–H and O–H groups in total. The largest absolute Gasteiger partial charge is 0.313 e. The van der Waals surface area contributed by atoms with Crippen LogP contribution >= 0.6 is 0 Å². The van der Waals surface area contributed by atoms with E-state index in [9.17, 15) is 0 Å². The maximum absolute atomic E-state index is 3.52. The zero-order valence-electron chi connectivity index (χ0n) is 8.64. The van der Waals surface area contributed by atoms with E-state index < -0.39 is 0 Å². The zero-order chi connectivity index (χ0) is 8.97. The maximum Gasteiger partial charge on any atom is 0.0107 e. The number of hydrogen-bond donors (Lipinski definition) is 1. The highest BCUT2D eigenvalue weighted by atomic mass is 15.1. The van der Waals surface area contributed by atoms with Crippen molar-refractivity contribution in [1.29, 1.82) is 0 Å². The molecule has 1 aliphatic rings. The molecule has 0 aromatic carbocycles. The normalized spacial score (nSPS) is 20.0. The molecule has 1 atom stereocenters. The molecule has 2 nitrogen and oxygen atoms in total. The molecule has 1 unspecified atom stereocenters. The molecule has 72 valence electrons. The summed E-state index contributed by atoms with van der Waals surface area (Å²) in [7, 11) is 2.21. The second-order valence-electron chi connectivity index (χ2n) is 3.97. The molecule has 0 radical (unpaired) electrons. The molecule has 1 aliphatic carbocycles. The van der Waals surface area contributed by atoms with Gasteiger partial charge in [0.15, 0.2) is 0 Å². The molecule has 0 aliphatic heterocycles. The quantitative estimate of drug-likeness (QED) is 0.649. The summed E-state index contributed by atoms with van der Waals surface area (Å²) < 4.78 is 0. The predicted molar refractivity (Wildman–Crippen MR) is 53.4 cm³/mol. The molecule has 0 aromatic rings. The molecule has 1 saturated carbocycles. The van der Waals surface area contributed by atoms with Gasteiger partial charge in [0, 0.05) is 25.2 Å². The Balaban J connectivity index is 1.96. The fourth-order valence-electron chi connectivity index (χ4n) is 1.26. The lowest BCUT2D eigenvalue weighted by Gasteiger charge is -2.23. The van der Waals surface area contributed by atoms with Crippen LogP contribution in [0.5, 0.6) is 0 Å². The van der Waals surface area contributed by atoms with E-state index in [2.05, 4.69) is 31.1 Å². The molecule has 12 heavy (non-hydrogen) atoms. The minimum atomic E-state index is 0.728. The number of nitrogens with one attached hydrogen (secondary N) is 1. The van der Waals surface area contributed by atoms with Crippen LogP contribution in [0.1, 0.15) is 33.1 Å². The van der Waals surface area contributed by atoms with Gasteiger partial charge in [0.05, 0.1) is 0 Å². The Kier molecular flexibility index (Phi) is 4.02. The SMILES string of the molecule is CCC(C)N(C)CCNC1CC1. The lowest BCUT2D eigenvalue weighted by atomic mass is 10.2. The van der Waals surface area contributed by atoms with Gasteiger partial charge < -0.3 is 10.2 Å². The van der Waals surface area contributed by atoms with Crippen molar-refractivity contribution in [3.8, 4) is 0 Å². The summed E-state index contributed by atoms with van der Waals surface area (Å²) in [6.45, 7) is 6.88. The van der Waals surface area contributed by atoms with Crippen LogP contribution < -0.4 is 5.32 Å². The third kappa shape index (κ3) is 3.55. The van der Waals surface area contributed by atoms with Crippen molar-refractivity contribution in [3.05, 3.63) is 0 Å². The van der Waals surface area contributed by atoms with Crippen LogP contribution in [-0.2, 0) is 0 Å². The van der Waals surface area contributed by atoms with Crippen LogP contribution in [0.15, 0.2) is 0 Å². The number of likely N-dealkylation sites (N-methyl/N-ethyl adjacent to an activating group) is 1. The molecule has 2 heteroatoms. The van der Waals surface area contributed by atoms with E-state index in [1.165, 1.54) is 25.8 Å². The van der Waals surface area contributed by atoms with Crippen molar-refractivity contribution in [1.82, 2.24) is 10.2 Å². The lowest BCUT2D eigenvalue weighted by molar-refractivity contribution is 0.251. The molecule has 0 amide bonds. The van der Waals surface area contributed by atoms with Crippen LogP contribution in [0.3, 0.4) is 0 Å². The van der Waals surface area contributed by atoms with Gasteiger partial charge in [0.1, 0.15) is 0 Å². The van der Waals surface area contributed by atoms with Crippen LogP contribution in [-0.4, -0.2) is 37.1 Å². The Labute approximate surface area is 76.3 Å². The fraction of sp³-hybridized carbons (Fsp3) is 1.00. The first-order valence-corrected chi connectivity index (χ1v) is 5.17. The van der Waals surface area contributed by atoms with Crippen molar-refractivity contribution in [2.45, 2.75) is 45.2 Å². The summed E-state index contributed by atoms with van der Waals surface area (Å²) in [5.41, 5.74) is 0. The first kappa shape index (κ1) is 10.0. The average Bonchev–Trinajstić information content (AvgIpc) is 2.86. The zero-order valence-corrected chi connectivity index (χ0v) is 8.64. The first-order valence-electron chi connectivity index (χ1n) is 5.17. The highest BCUT2D eigenvalue weighted by molar-refractivity contribution is 4.81. The topological polar surface area (TPSA) is 15.3 Å². The molecule has 0 bridgehead atoms. The summed E-state index contributed by atoms with van der Waals surface area (Å²) >= 11 is 0. The van der Waals surface area contributed by atoms with Gasteiger partial charge in [0.2, 0.25) is 0 Å². The number of hydrogen-bond acceptors (Lipinski definition) is 2. The van der Waals surface area contributed by atoms with Crippen molar-refractivity contribution >= 4 is 0 Å². The van der Waals surface area contributed by atoms with E-state index in [-0.39, 0.29) is 0 Å². The second-order valence-corrected chi connectivity index (χ2v) is 3.97. The van der Waals surface area contributed by atoms with E-state index >= 15 is 0 Å². The average molecular weight is 170 g/mol. The molecular weight excluding hydrogens is 148 g/mol. The number of nitrogens with zero attached hydrogens (tertiary/aromatic N) is 1. The highest BCUT2D eigenvalue weighted by Crippen LogP contribution is 2.18. The monoisotopic (exact) mass is 170 g/mol. The lowest BCUT2D eigenvalue weighted by Crippen LogP contribution is -2.35. The molecule has 1 rings (SSSR count). The first-order chi connectivity index (χ1) is 5.74. The van der Waals surface area contributed by atoms with Crippen LogP contribution in [0.2, 0.25) is 0 Å². The molecule has 0 saturated heterocycles. The summed E-state index contributed by atoms with van der Waals surface area (Å²) in [6, 6.07) is 1.58. The van der Waals surface area contributed by atoms with Crippen molar-refractivity contribution in [2.75, 3.05) is 20.1 Å². The summed E-state index contributed by atoms with van der Waals surface area (Å²) in [5.74, 6) is 0. The molecule has 1 fully saturated rings. The van der Waals surface area contributed by atoms with Crippen LogP contribution in [0.4, 0.5) is 0 Å². The Morgan fingerprint density at radius 3 is 2.67 bits per heavy atom. The van der Waals surface area contributed by atoms with Gasteiger partial charge >= 0.3 is 0 Å². The van der Waals surface area contributed by atoms with Gasteiger partial charge in [-0.2, -0.15) is 0 Å². The summed E-state index contributed by atoms with van der Waals surface area (Å²) in [5, 5.41) is 3.52. The predicted octanol–water partition coefficient (Wildman–Crippen LogP) is 1.47. The van der Waals surface area contributed by atoms with E-state index in [1.807, 2.05) is 0 Å². The Morgan fingerprint density at radius 2 is 2.17 bits per heavy atom. The van der Waals surface area contributed by atoms with E-state index in [0.717, 1.165) is 18.6 Å². The van der Waals surface area contributed by atoms with E-state index in [0.29, 0.717) is 0 Å². The Bertz CT molecular complexity index is 121. The van der Waals surface area contributed by atoms with Crippen LogP contribution in [0.25, 0.3) is 0 Å². The van der Waals surface area contributed by atoms with Crippen LogP contribution in [0, 0.1) is 0 Å². The summed E-state index contributed by atoms with van der Waals surface area (Å²) in [4.78, 5) is 2.43. The van der Waals surface area contributed by atoms with Gasteiger partial charge in [0.25, 0.3) is 0 Å². The van der Waals surface area contributed by atoms with Crippen molar-refractivity contribution in [2.24, 2.45) is 0 Å². The molecule has 0 spiro atoms. The third-order valence-electron chi connectivity index (χ3n) is 2.82. The third-order valence-corrected chi connectivity index (χ3v) is 2.82. The smallest absolute Gasteiger partial charge is 0.0107 e. The van der Waals surface area contributed by atoms with Crippen molar-refractivity contribution < 1.29 is 0 Å². The maximum atomic E-state index is 3.52. The van der Waals surface area contributed by atoms with Gasteiger partial charge in [-0.25, -0.2) is 0 Å². The molecular formula is C10H22N2. The second kappa shape index (κ2) is 4.83. The standard InChI is InChI=1S/C10H22N2/c1-4-9(2)12(3)8-7-11-10-5-6-10/h9-11H,4-8H2,1-3H3. The van der Waals surface area contributed by atoms with Crippen molar-refractivity contribution in [3.63, 3.8) is 0 Å². The van der Waals surface area contributed by atoms with Gasteiger partial charge in [-0.15, -0.1) is 0 Å². The number of rotatable bonds is 6. The highest BCUT2D eigenvalue weighted by Gasteiger charge is 2.19. The Hall–Kier alpha value is -0.0800. The Morgan fingerprint density at radius 1 is 1.50 bits per heavy atom. The van der Waals surface area contributed by atoms with E-state index in [4.69, 9.17) is 0 Å². The molecule has 0 heterocycles. The molecule has 0 aromatic heterocycles. The minimum Gasteiger partial charge on any atom is -0.313 e. The minimum absolute atomic E-state index is 0.728.